The number of aryl methyl sites for hydroxylation is 1. The Hall–Kier alpha value is -1.55. The molecule has 1 fully saturated rings. The Labute approximate surface area is 121 Å². The van der Waals surface area contributed by atoms with Crippen molar-refractivity contribution in [1.82, 2.24) is 10.2 Å². The lowest BCUT2D eigenvalue weighted by Crippen LogP contribution is -2.29. The fourth-order valence-corrected chi connectivity index (χ4v) is 2.33. The second-order valence-electron chi connectivity index (χ2n) is 5.53. The van der Waals surface area contributed by atoms with Crippen molar-refractivity contribution in [2.75, 3.05) is 20.6 Å². The molecule has 0 radical (unpaired) electrons. The highest BCUT2D eigenvalue weighted by Crippen LogP contribution is 2.19. The van der Waals surface area contributed by atoms with E-state index in [1.807, 2.05) is 26.2 Å². The third kappa shape index (κ3) is 3.73. The summed E-state index contributed by atoms with van der Waals surface area (Å²) < 4.78 is 5.76. The van der Waals surface area contributed by atoms with Gasteiger partial charge in [-0.25, -0.2) is 0 Å². The summed E-state index contributed by atoms with van der Waals surface area (Å²) in [6.45, 7) is 2.96. The van der Waals surface area contributed by atoms with Gasteiger partial charge in [-0.15, -0.1) is 0 Å². The molecule has 2 rings (SSSR count). The normalized spacial score (nSPS) is 20.2. The average molecular weight is 276 g/mol. The molecule has 110 valence electrons. The Bertz CT molecular complexity index is 444. The molecule has 0 bridgehead atoms. The molecule has 0 saturated carbocycles. The van der Waals surface area contributed by atoms with Crippen molar-refractivity contribution in [2.45, 2.75) is 38.3 Å². The van der Waals surface area contributed by atoms with Gasteiger partial charge in [0.25, 0.3) is 5.91 Å². The number of ether oxygens (including phenoxy) is 1. The van der Waals surface area contributed by atoms with Crippen molar-refractivity contribution in [3.05, 3.63) is 29.8 Å². The molecule has 2 atom stereocenters. The van der Waals surface area contributed by atoms with Crippen LogP contribution in [0.25, 0.3) is 0 Å². The van der Waals surface area contributed by atoms with Crippen LogP contribution in [0.15, 0.2) is 24.3 Å². The molecule has 20 heavy (non-hydrogen) atoms. The lowest BCUT2D eigenvalue weighted by molar-refractivity contribution is -0.132. The third-order valence-electron chi connectivity index (χ3n) is 3.94. The predicted molar refractivity (Wildman–Crippen MR) is 80.0 cm³/mol. The van der Waals surface area contributed by atoms with Crippen LogP contribution in [0.4, 0.5) is 0 Å². The van der Waals surface area contributed by atoms with Gasteiger partial charge in [0.15, 0.2) is 6.10 Å². The lowest BCUT2D eigenvalue weighted by Gasteiger charge is -2.14. The van der Waals surface area contributed by atoms with Crippen molar-refractivity contribution in [2.24, 2.45) is 0 Å². The van der Waals surface area contributed by atoms with E-state index in [9.17, 15) is 4.79 Å². The Kier molecular flexibility index (Phi) is 5.01. The highest BCUT2D eigenvalue weighted by Gasteiger charge is 2.30. The van der Waals surface area contributed by atoms with Gasteiger partial charge in [-0.05, 0) is 44.5 Å². The van der Waals surface area contributed by atoms with Crippen molar-refractivity contribution >= 4 is 5.91 Å². The van der Waals surface area contributed by atoms with Crippen LogP contribution in [-0.4, -0.2) is 43.6 Å². The molecule has 1 aromatic rings. The van der Waals surface area contributed by atoms with E-state index in [4.69, 9.17) is 4.74 Å². The number of hydrogen-bond donors (Lipinski definition) is 1. The van der Waals surface area contributed by atoms with Gasteiger partial charge in [0, 0.05) is 26.1 Å². The molecule has 0 aromatic heterocycles. The molecule has 0 aliphatic carbocycles. The Morgan fingerprint density at radius 2 is 2.10 bits per heavy atom. The van der Waals surface area contributed by atoms with Crippen LogP contribution < -0.4 is 10.1 Å². The lowest BCUT2D eigenvalue weighted by atomic mass is 10.1. The van der Waals surface area contributed by atoms with Crippen molar-refractivity contribution in [3.63, 3.8) is 0 Å². The van der Waals surface area contributed by atoms with E-state index in [1.165, 1.54) is 5.56 Å². The van der Waals surface area contributed by atoms with E-state index in [0.717, 1.165) is 31.6 Å². The number of carbonyl (C=O) groups excluding carboxylic acids is 1. The summed E-state index contributed by atoms with van der Waals surface area (Å²) in [6, 6.07) is 8.62. The zero-order chi connectivity index (χ0) is 14.5. The topological polar surface area (TPSA) is 41.6 Å². The van der Waals surface area contributed by atoms with Crippen LogP contribution in [0.1, 0.15) is 25.3 Å². The Morgan fingerprint density at radius 3 is 2.65 bits per heavy atom. The van der Waals surface area contributed by atoms with Crippen LogP contribution in [0.5, 0.6) is 5.75 Å². The summed E-state index contributed by atoms with van der Waals surface area (Å²) in [5.41, 5.74) is 1.30. The second kappa shape index (κ2) is 6.75. The molecular formula is C16H24N2O2. The van der Waals surface area contributed by atoms with Crippen molar-refractivity contribution < 1.29 is 9.53 Å². The number of benzene rings is 1. The number of nitrogens with zero attached hydrogens (tertiary/aromatic N) is 1. The van der Waals surface area contributed by atoms with E-state index in [-0.39, 0.29) is 12.0 Å². The zero-order valence-electron chi connectivity index (χ0n) is 12.6. The number of rotatable bonds is 6. The number of amides is 1. The Balaban J connectivity index is 1.87. The maximum Gasteiger partial charge on any atom is 0.263 e. The second-order valence-corrected chi connectivity index (χ2v) is 5.53. The molecule has 4 nitrogen and oxygen atoms in total. The highest BCUT2D eigenvalue weighted by atomic mass is 16.5. The number of hydrogen-bond acceptors (Lipinski definition) is 3. The molecule has 1 aromatic carbocycles. The van der Waals surface area contributed by atoms with Crippen LogP contribution >= 0.6 is 0 Å². The van der Waals surface area contributed by atoms with Crippen molar-refractivity contribution in [3.8, 4) is 5.75 Å². The van der Waals surface area contributed by atoms with Crippen LogP contribution in [0.2, 0.25) is 0 Å². The summed E-state index contributed by atoms with van der Waals surface area (Å²) in [5.74, 6) is 0.862. The molecule has 2 unspecified atom stereocenters. The average Bonchev–Trinajstić information content (AvgIpc) is 2.78. The smallest absolute Gasteiger partial charge is 0.263 e. The first-order valence-corrected chi connectivity index (χ1v) is 7.28. The van der Waals surface area contributed by atoms with Gasteiger partial charge < -0.3 is 15.0 Å². The molecule has 1 aliphatic heterocycles. The molecular weight excluding hydrogens is 252 g/mol. The van der Waals surface area contributed by atoms with Gasteiger partial charge in [-0.3, -0.25) is 4.79 Å². The number of nitrogens with one attached hydrogen (secondary N) is 1. The predicted octanol–water partition coefficient (Wildman–Crippen LogP) is 1.84. The van der Waals surface area contributed by atoms with E-state index >= 15 is 0 Å². The molecule has 1 saturated heterocycles. The van der Waals surface area contributed by atoms with Crippen LogP contribution in [0, 0.1) is 0 Å². The molecule has 1 amide bonds. The zero-order valence-corrected chi connectivity index (χ0v) is 12.6. The minimum atomic E-state index is -0.310. The van der Waals surface area contributed by atoms with Gasteiger partial charge in [0.05, 0.1) is 0 Å². The standard InChI is InChI=1S/C16H24N2O2/c1-12(17-2)4-5-13-6-8-14(9-7-13)20-15-10-11-18(3)16(15)19/h6-9,12,15,17H,4-5,10-11H2,1-3H3. The van der Waals surface area contributed by atoms with E-state index < -0.39 is 0 Å². The fourth-order valence-electron chi connectivity index (χ4n) is 2.33. The van der Waals surface area contributed by atoms with Crippen LogP contribution in [-0.2, 0) is 11.2 Å². The summed E-state index contributed by atoms with van der Waals surface area (Å²) in [7, 11) is 3.80. The monoisotopic (exact) mass is 276 g/mol. The van der Waals surface area contributed by atoms with Gasteiger partial charge in [0.1, 0.15) is 5.75 Å². The van der Waals surface area contributed by atoms with Crippen molar-refractivity contribution in [1.29, 1.82) is 0 Å². The molecule has 4 heteroatoms. The minimum Gasteiger partial charge on any atom is -0.481 e. The quantitative estimate of drug-likeness (QED) is 0.862. The van der Waals surface area contributed by atoms with E-state index in [2.05, 4.69) is 24.4 Å². The molecule has 1 N–H and O–H groups in total. The first-order chi connectivity index (χ1) is 9.60. The minimum absolute atomic E-state index is 0.0805. The van der Waals surface area contributed by atoms with E-state index in [1.54, 1.807) is 4.90 Å². The molecule has 1 aliphatic rings. The third-order valence-corrected chi connectivity index (χ3v) is 3.94. The summed E-state index contributed by atoms with van der Waals surface area (Å²) >= 11 is 0. The summed E-state index contributed by atoms with van der Waals surface area (Å²) in [4.78, 5) is 13.5. The van der Waals surface area contributed by atoms with Gasteiger partial charge >= 0.3 is 0 Å². The number of likely N-dealkylation sites (tertiary alicyclic amines) is 1. The molecule has 0 spiro atoms. The van der Waals surface area contributed by atoms with Gasteiger partial charge in [-0.2, -0.15) is 0 Å². The summed E-state index contributed by atoms with van der Waals surface area (Å²) in [6.07, 6.45) is 2.63. The van der Waals surface area contributed by atoms with Gasteiger partial charge in [0.2, 0.25) is 0 Å². The maximum atomic E-state index is 11.8. The summed E-state index contributed by atoms with van der Waals surface area (Å²) in [5, 5.41) is 3.24. The number of carbonyl (C=O) groups is 1. The molecule has 1 heterocycles. The first kappa shape index (κ1) is 14.9. The maximum absolute atomic E-state index is 11.8. The SMILES string of the molecule is CNC(C)CCc1ccc(OC2CCN(C)C2=O)cc1. The highest BCUT2D eigenvalue weighted by molar-refractivity contribution is 5.83. The van der Waals surface area contributed by atoms with Gasteiger partial charge in [-0.1, -0.05) is 12.1 Å². The first-order valence-electron chi connectivity index (χ1n) is 7.28. The fraction of sp³-hybridized carbons (Fsp3) is 0.562. The largest absolute Gasteiger partial charge is 0.481 e. The van der Waals surface area contributed by atoms with E-state index in [0.29, 0.717) is 6.04 Å². The number of likely N-dealkylation sites (N-methyl/N-ethyl adjacent to an activating group) is 1. The Morgan fingerprint density at radius 1 is 1.40 bits per heavy atom. The van der Waals surface area contributed by atoms with Crippen LogP contribution in [0.3, 0.4) is 0 Å².